The minimum absolute atomic E-state index is 0.236. The van der Waals surface area contributed by atoms with Crippen LogP contribution in [0.1, 0.15) is 48.5 Å². The molecule has 0 aliphatic carbocycles. The molecule has 1 rings (SSSR count). The molecule has 3 atom stereocenters. The van der Waals surface area contributed by atoms with Crippen LogP contribution in [0, 0.1) is 5.92 Å². The molecule has 7 heteroatoms. The van der Waals surface area contributed by atoms with Gasteiger partial charge in [-0.1, -0.05) is 0 Å². The lowest BCUT2D eigenvalue weighted by molar-refractivity contribution is 0.0175. The summed E-state index contributed by atoms with van der Waals surface area (Å²) in [5, 5.41) is 12.9. The molecule has 134 valence electrons. The average Bonchev–Trinajstić information content (AvgIpc) is 2.60. The SMILES string of the molecule is C[C@H]1C(O)C(CNC(=O)OC(C)(C)C)CN1C(=O)OC(C)(C)C. The van der Waals surface area contributed by atoms with Crippen LogP contribution in [0.3, 0.4) is 0 Å². The summed E-state index contributed by atoms with van der Waals surface area (Å²) in [5.41, 5.74) is -1.16. The molecule has 0 aromatic rings. The third-order valence-corrected chi connectivity index (χ3v) is 3.44. The van der Waals surface area contributed by atoms with E-state index in [0.29, 0.717) is 6.54 Å². The number of nitrogens with zero attached hydrogens (tertiary/aromatic N) is 1. The summed E-state index contributed by atoms with van der Waals surface area (Å²) in [5.74, 6) is -0.259. The number of carbonyl (C=O) groups is 2. The van der Waals surface area contributed by atoms with Crippen molar-refractivity contribution < 1.29 is 24.2 Å². The van der Waals surface area contributed by atoms with E-state index in [1.54, 1.807) is 48.5 Å². The van der Waals surface area contributed by atoms with E-state index in [1.807, 2.05) is 0 Å². The van der Waals surface area contributed by atoms with Gasteiger partial charge in [-0.05, 0) is 48.5 Å². The van der Waals surface area contributed by atoms with Gasteiger partial charge in [0.2, 0.25) is 0 Å². The van der Waals surface area contributed by atoms with Gasteiger partial charge in [0.15, 0.2) is 0 Å². The number of rotatable bonds is 2. The number of ether oxygens (including phenoxy) is 2. The van der Waals surface area contributed by atoms with Gasteiger partial charge in [-0.25, -0.2) is 9.59 Å². The minimum Gasteiger partial charge on any atom is -0.444 e. The molecule has 2 N–H and O–H groups in total. The summed E-state index contributed by atoms with van der Waals surface area (Å²) in [6, 6.07) is -0.365. The Balaban J connectivity index is 2.56. The number of alkyl carbamates (subject to hydrolysis) is 1. The van der Waals surface area contributed by atoms with Gasteiger partial charge in [-0.15, -0.1) is 0 Å². The molecule has 23 heavy (non-hydrogen) atoms. The zero-order valence-corrected chi connectivity index (χ0v) is 15.2. The van der Waals surface area contributed by atoms with Gasteiger partial charge in [0.25, 0.3) is 0 Å². The average molecular weight is 330 g/mol. The van der Waals surface area contributed by atoms with Crippen molar-refractivity contribution in [2.75, 3.05) is 13.1 Å². The lowest BCUT2D eigenvalue weighted by atomic mass is 10.0. The molecule has 2 unspecified atom stereocenters. The van der Waals surface area contributed by atoms with E-state index in [2.05, 4.69) is 5.32 Å². The van der Waals surface area contributed by atoms with Crippen LogP contribution in [-0.2, 0) is 9.47 Å². The Morgan fingerprint density at radius 2 is 1.65 bits per heavy atom. The molecular weight excluding hydrogens is 300 g/mol. The van der Waals surface area contributed by atoms with Crippen molar-refractivity contribution in [1.29, 1.82) is 0 Å². The number of carbonyl (C=O) groups excluding carboxylic acids is 2. The normalized spacial score (nSPS) is 25.2. The maximum Gasteiger partial charge on any atom is 0.410 e. The van der Waals surface area contributed by atoms with Crippen molar-refractivity contribution >= 4 is 12.2 Å². The van der Waals surface area contributed by atoms with Crippen molar-refractivity contribution in [2.45, 2.75) is 71.8 Å². The maximum atomic E-state index is 12.2. The van der Waals surface area contributed by atoms with E-state index in [9.17, 15) is 14.7 Å². The molecule has 1 heterocycles. The Morgan fingerprint density at radius 1 is 1.13 bits per heavy atom. The molecule has 1 saturated heterocycles. The summed E-state index contributed by atoms with van der Waals surface area (Å²) in [6.07, 6.45) is -1.71. The van der Waals surface area contributed by atoms with Crippen molar-refractivity contribution in [1.82, 2.24) is 10.2 Å². The van der Waals surface area contributed by atoms with Crippen molar-refractivity contribution in [3.8, 4) is 0 Å². The number of hydrogen-bond donors (Lipinski definition) is 2. The predicted molar refractivity (Wildman–Crippen MR) is 86.1 cm³/mol. The summed E-state index contributed by atoms with van der Waals surface area (Å²) in [6.45, 7) is 13.1. The lowest BCUT2D eigenvalue weighted by Gasteiger charge is -2.27. The molecule has 0 aromatic heterocycles. The largest absolute Gasteiger partial charge is 0.444 e. The third kappa shape index (κ3) is 6.25. The van der Waals surface area contributed by atoms with Crippen LogP contribution in [0.2, 0.25) is 0 Å². The Kier molecular flexibility index (Phi) is 5.90. The number of hydrogen-bond acceptors (Lipinski definition) is 5. The quantitative estimate of drug-likeness (QED) is 0.810. The lowest BCUT2D eigenvalue weighted by Crippen LogP contribution is -2.40. The molecular formula is C16H30N2O5. The molecule has 1 aliphatic rings. The van der Waals surface area contributed by atoms with Gasteiger partial charge >= 0.3 is 12.2 Å². The van der Waals surface area contributed by atoms with E-state index in [4.69, 9.17) is 9.47 Å². The highest BCUT2D eigenvalue weighted by molar-refractivity contribution is 5.69. The molecule has 0 saturated carbocycles. The number of aliphatic hydroxyl groups excluding tert-OH is 1. The topological polar surface area (TPSA) is 88.1 Å². The van der Waals surface area contributed by atoms with Crippen LogP contribution in [0.4, 0.5) is 9.59 Å². The van der Waals surface area contributed by atoms with Crippen LogP contribution >= 0.6 is 0 Å². The van der Waals surface area contributed by atoms with Crippen LogP contribution in [-0.4, -0.2) is 58.6 Å². The minimum atomic E-state index is -0.725. The van der Waals surface area contributed by atoms with Gasteiger partial charge in [0.1, 0.15) is 11.2 Å². The molecule has 7 nitrogen and oxygen atoms in total. The first-order chi connectivity index (χ1) is 10.3. The Hall–Kier alpha value is -1.50. The number of aliphatic hydroxyl groups is 1. The highest BCUT2D eigenvalue weighted by Crippen LogP contribution is 2.25. The highest BCUT2D eigenvalue weighted by Gasteiger charge is 2.42. The van der Waals surface area contributed by atoms with Crippen LogP contribution in [0.15, 0.2) is 0 Å². The van der Waals surface area contributed by atoms with Gasteiger partial charge in [0.05, 0.1) is 12.1 Å². The van der Waals surface area contributed by atoms with E-state index >= 15 is 0 Å². The highest BCUT2D eigenvalue weighted by atomic mass is 16.6. The molecule has 0 spiro atoms. The molecule has 0 bridgehead atoms. The molecule has 0 radical (unpaired) electrons. The van der Waals surface area contributed by atoms with Crippen molar-refractivity contribution in [3.05, 3.63) is 0 Å². The van der Waals surface area contributed by atoms with E-state index < -0.39 is 29.5 Å². The van der Waals surface area contributed by atoms with Crippen LogP contribution in [0.5, 0.6) is 0 Å². The van der Waals surface area contributed by atoms with E-state index in [-0.39, 0.29) is 18.5 Å². The Labute approximate surface area is 138 Å². The monoisotopic (exact) mass is 330 g/mol. The van der Waals surface area contributed by atoms with E-state index in [1.165, 1.54) is 4.90 Å². The van der Waals surface area contributed by atoms with Crippen LogP contribution in [0.25, 0.3) is 0 Å². The maximum absolute atomic E-state index is 12.2. The standard InChI is InChI=1S/C16H30N2O5/c1-10-12(19)11(8-17-13(20)22-15(2,3)4)9-18(10)14(21)23-16(5,6)7/h10-12,19H,8-9H2,1-7H3,(H,17,20)/t10-,11?,12?/m0/s1. The number of nitrogens with one attached hydrogen (secondary N) is 1. The second-order valence-corrected chi connectivity index (χ2v) is 8.01. The van der Waals surface area contributed by atoms with Crippen LogP contribution < -0.4 is 5.32 Å². The summed E-state index contributed by atoms with van der Waals surface area (Å²) in [7, 11) is 0. The van der Waals surface area contributed by atoms with Gasteiger partial charge in [0, 0.05) is 19.0 Å². The fraction of sp³-hybridized carbons (Fsp3) is 0.875. The molecule has 1 fully saturated rings. The first kappa shape index (κ1) is 19.5. The summed E-state index contributed by atoms with van der Waals surface area (Å²) >= 11 is 0. The van der Waals surface area contributed by atoms with Crippen molar-refractivity contribution in [3.63, 3.8) is 0 Å². The zero-order chi connectivity index (χ0) is 18.0. The second kappa shape index (κ2) is 6.95. The van der Waals surface area contributed by atoms with Gasteiger partial charge in [-0.2, -0.15) is 0 Å². The smallest absolute Gasteiger partial charge is 0.410 e. The molecule has 0 aromatic carbocycles. The van der Waals surface area contributed by atoms with Gasteiger partial charge < -0.3 is 24.8 Å². The molecule has 2 amide bonds. The zero-order valence-electron chi connectivity index (χ0n) is 15.2. The fourth-order valence-electron chi connectivity index (χ4n) is 2.38. The Bertz CT molecular complexity index is 439. The third-order valence-electron chi connectivity index (χ3n) is 3.44. The Morgan fingerprint density at radius 3 is 2.13 bits per heavy atom. The number of likely N-dealkylation sites (tertiary alicyclic amines) is 1. The predicted octanol–water partition coefficient (Wildman–Crippen LogP) is 2.13. The first-order valence-corrected chi connectivity index (χ1v) is 7.95. The van der Waals surface area contributed by atoms with Gasteiger partial charge in [-0.3, -0.25) is 0 Å². The second-order valence-electron chi connectivity index (χ2n) is 8.01. The number of amides is 2. The first-order valence-electron chi connectivity index (χ1n) is 7.95. The summed E-state index contributed by atoms with van der Waals surface area (Å²) in [4.78, 5) is 25.4. The fourth-order valence-corrected chi connectivity index (χ4v) is 2.38. The van der Waals surface area contributed by atoms with Crippen molar-refractivity contribution in [2.24, 2.45) is 5.92 Å². The van der Waals surface area contributed by atoms with E-state index in [0.717, 1.165) is 0 Å². The summed E-state index contributed by atoms with van der Waals surface area (Å²) < 4.78 is 10.5. The molecule has 1 aliphatic heterocycles.